The zero-order chi connectivity index (χ0) is 10.2. The van der Waals surface area contributed by atoms with Crippen molar-refractivity contribution < 1.29 is 30.3 Å². The molecule has 0 amide bonds. The number of carboxylic acids is 1. The van der Waals surface area contributed by atoms with Crippen LogP contribution in [0, 0.1) is 0 Å². The number of hydrogen-bond donors (Lipinski definition) is 5. The first kappa shape index (κ1) is 10.4. The van der Waals surface area contributed by atoms with Gasteiger partial charge in [-0.1, -0.05) is 0 Å². The molecule has 1 saturated carbocycles. The van der Waals surface area contributed by atoms with Crippen LogP contribution in [-0.2, 0) is 4.79 Å². The van der Waals surface area contributed by atoms with Crippen molar-refractivity contribution in [2.45, 2.75) is 36.8 Å². The Hall–Kier alpha value is -0.690. The van der Waals surface area contributed by atoms with Crippen LogP contribution in [0.3, 0.4) is 0 Å². The fourth-order valence-electron chi connectivity index (χ4n) is 1.45. The lowest BCUT2D eigenvalue weighted by Gasteiger charge is -2.37. The Morgan fingerprint density at radius 3 is 1.85 bits per heavy atom. The van der Waals surface area contributed by atoms with Crippen molar-refractivity contribution in [3.63, 3.8) is 0 Å². The molecule has 0 aromatic rings. The Bertz CT molecular complexity index is 203. The van der Waals surface area contributed by atoms with Crippen molar-refractivity contribution in [1.82, 2.24) is 0 Å². The largest absolute Gasteiger partial charge is 0.479 e. The normalized spacial score (nSPS) is 46.0. The average molecular weight is 192 g/mol. The second-order valence-electron chi connectivity index (χ2n) is 3.37. The molecule has 0 heterocycles. The van der Waals surface area contributed by atoms with Crippen LogP contribution in [0.15, 0.2) is 0 Å². The molecule has 5 N–H and O–H groups in total. The predicted octanol–water partition coefficient (Wildman–Crippen LogP) is -2.32. The number of aliphatic hydroxyl groups is 4. The van der Waals surface area contributed by atoms with Gasteiger partial charge in [-0.2, -0.15) is 0 Å². The fourth-order valence-corrected chi connectivity index (χ4v) is 1.45. The third-order valence-electron chi connectivity index (χ3n) is 2.28. The maximum atomic E-state index is 10.5. The Labute approximate surface area is 74.1 Å². The first-order chi connectivity index (χ1) is 5.87. The lowest BCUT2D eigenvalue weighted by atomic mass is 9.80. The van der Waals surface area contributed by atoms with Gasteiger partial charge in [0.05, 0.1) is 12.2 Å². The second-order valence-corrected chi connectivity index (χ2v) is 3.37. The summed E-state index contributed by atoms with van der Waals surface area (Å²) in [6.45, 7) is 0. The van der Waals surface area contributed by atoms with Crippen molar-refractivity contribution in [1.29, 1.82) is 0 Å². The summed E-state index contributed by atoms with van der Waals surface area (Å²) in [5.74, 6) is -1.50. The molecule has 76 valence electrons. The maximum Gasteiger partial charge on any atom is 0.335 e. The molecule has 6 nitrogen and oxygen atoms in total. The molecular formula is C7H12O6. The number of hydrogen-bond acceptors (Lipinski definition) is 5. The van der Waals surface area contributed by atoms with Gasteiger partial charge in [-0.05, 0) is 0 Å². The van der Waals surface area contributed by atoms with E-state index in [0.29, 0.717) is 0 Å². The molecule has 13 heavy (non-hydrogen) atoms. The number of carbonyl (C=O) groups is 1. The van der Waals surface area contributed by atoms with Crippen LogP contribution >= 0.6 is 0 Å². The predicted molar refractivity (Wildman–Crippen MR) is 39.8 cm³/mol. The standard InChI is InChI=1S/C7H12O6/c8-3-1-7(13,6(11)12)2-4(9)5(3)10/h3-5,8-10,13H,1-2H2,(H,11,12)/t3-,4?,5-,7+/m0/s1. The monoisotopic (exact) mass is 192 g/mol. The zero-order valence-corrected chi connectivity index (χ0v) is 6.79. The summed E-state index contributed by atoms with van der Waals surface area (Å²) >= 11 is 0. The van der Waals surface area contributed by atoms with E-state index in [-0.39, 0.29) is 0 Å². The Morgan fingerprint density at radius 1 is 1.15 bits per heavy atom. The molecule has 0 saturated heterocycles. The Kier molecular flexibility index (Phi) is 2.58. The van der Waals surface area contributed by atoms with Crippen molar-refractivity contribution in [3.05, 3.63) is 0 Å². The first-order valence-electron chi connectivity index (χ1n) is 3.87. The summed E-state index contributed by atoms with van der Waals surface area (Å²) in [5.41, 5.74) is -2.14. The molecule has 1 aliphatic carbocycles. The van der Waals surface area contributed by atoms with Crippen LogP contribution in [0.25, 0.3) is 0 Å². The number of aliphatic hydroxyl groups excluding tert-OH is 3. The van der Waals surface area contributed by atoms with Crippen LogP contribution in [0.4, 0.5) is 0 Å². The summed E-state index contributed by atoms with van der Waals surface area (Å²) < 4.78 is 0. The van der Waals surface area contributed by atoms with Gasteiger partial charge >= 0.3 is 5.97 Å². The molecule has 0 aromatic heterocycles. The van der Waals surface area contributed by atoms with E-state index < -0.39 is 42.7 Å². The highest BCUT2D eigenvalue weighted by atomic mass is 16.4. The van der Waals surface area contributed by atoms with Gasteiger partial charge < -0.3 is 25.5 Å². The van der Waals surface area contributed by atoms with E-state index in [2.05, 4.69) is 0 Å². The average Bonchev–Trinajstić information content (AvgIpc) is 2.00. The van der Waals surface area contributed by atoms with Crippen LogP contribution < -0.4 is 0 Å². The van der Waals surface area contributed by atoms with E-state index in [1.807, 2.05) is 0 Å². The number of carboxylic acid groups (broad SMARTS) is 1. The molecule has 6 heteroatoms. The SMILES string of the molecule is O=C(O)[C@]1(O)CC(O)[C@@H](O)[C@@H](O)C1. The van der Waals surface area contributed by atoms with E-state index in [0.717, 1.165) is 0 Å². The molecule has 4 atom stereocenters. The van der Waals surface area contributed by atoms with Crippen molar-refractivity contribution in [2.75, 3.05) is 0 Å². The third-order valence-corrected chi connectivity index (χ3v) is 2.28. The fraction of sp³-hybridized carbons (Fsp3) is 0.857. The van der Waals surface area contributed by atoms with E-state index in [1.54, 1.807) is 0 Å². The lowest BCUT2D eigenvalue weighted by Crippen LogP contribution is -2.56. The summed E-state index contributed by atoms with van der Waals surface area (Å²) in [6, 6.07) is 0. The van der Waals surface area contributed by atoms with E-state index >= 15 is 0 Å². The van der Waals surface area contributed by atoms with Gasteiger partial charge in [0.15, 0.2) is 5.60 Å². The molecule has 0 spiro atoms. The number of rotatable bonds is 1. The topological polar surface area (TPSA) is 118 Å². The van der Waals surface area contributed by atoms with Gasteiger partial charge in [0, 0.05) is 12.8 Å². The van der Waals surface area contributed by atoms with E-state index in [1.165, 1.54) is 0 Å². The molecule has 1 unspecified atom stereocenters. The minimum absolute atomic E-state index is 0.472. The summed E-state index contributed by atoms with van der Waals surface area (Å²) in [5, 5.41) is 45.2. The third kappa shape index (κ3) is 1.80. The van der Waals surface area contributed by atoms with Crippen molar-refractivity contribution >= 4 is 5.97 Å². The van der Waals surface area contributed by atoms with Gasteiger partial charge in [0.25, 0.3) is 0 Å². The minimum Gasteiger partial charge on any atom is -0.479 e. The lowest BCUT2D eigenvalue weighted by molar-refractivity contribution is -0.187. The van der Waals surface area contributed by atoms with Gasteiger partial charge in [0.1, 0.15) is 6.10 Å². The molecule has 0 aromatic carbocycles. The van der Waals surface area contributed by atoms with Gasteiger partial charge in [-0.15, -0.1) is 0 Å². The minimum atomic E-state index is -2.14. The molecule has 0 radical (unpaired) electrons. The zero-order valence-electron chi connectivity index (χ0n) is 6.79. The first-order valence-corrected chi connectivity index (χ1v) is 3.87. The van der Waals surface area contributed by atoms with Gasteiger partial charge in [0.2, 0.25) is 0 Å². The highest BCUT2D eigenvalue weighted by Gasteiger charge is 2.48. The Balaban J connectivity index is 2.79. The molecule has 0 aliphatic heterocycles. The van der Waals surface area contributed by atoms with E-state index in [4.69, 9.17) is 20.4 Å². The second kappa shape index (κ2) is 3.22. The quantitative estimate of drug-likeness (QED) is 0.318. The maximum absolute atomic E-state index is 10.5. The molecular weight excluding hydrogens is 180 g/mol. The summed E-state index contributed by atoms with van der Waals surface area (Å²) in [7, 11) is 0. The van der Waals surface area contributed by atoms with Crippen LogP contribution in [-0.4, -0.2) is 55.4 Å². The van der Waals surface area contributed by atoms with Crippen LogP contribution in [0.2, 0.25) is 0 Å². The Morgan fingerprint density at radius 2 is 1.54 bits per heavy atom. The molecule has 1 rings (SSSR count). The highest BCUT2D eigenvalue weighted by Crippen LogP contribution is 2.29. The van der Waals surface area contributed by atoms with Gasteiger partial charge in [-0.3, -0.25) is 0 Å². The summed E-state index contributed by atoms with van der Waals surface area (Å²) in [4.78, 5) is 10.5. The van der Waals surface area contributed by atoms with E-state index in [9.17, 15) is 9.90 Å². The molecule has 0 bridgehead atoms. The number of aliphatic carboxylic acids is 1. The smallest absolute Gasteiger partial charge is 0.335 e. The molecule has 1 fully saturated rings. The highest BCUT2D eigenvalue weighted by molar-refractivity contribution is 5.77. The molecule has 1 aliphatic rings. The van der Waals surface area contributed by atoms with Crippen molar-refractivity contribution in [3.8, 4) is 0 Å². The summed E-state index contributed by atoms with van der Waals surface area (Å²) in [6.07, 6.45) is -5.16. The van der Waals surface area contributed by atoms with Gasteiger partial charge in [-0.25, -0.2) is 4.79 Å². The van der Waals surface area contributed by atoms with Crippen LogP contribution in [0.1, 0.15) is 12.8 Å². The van der Waals surface area contributed by atoms with Crippen molar-refractivity contribution in [2.24, 2.45) is 0 Å². The van der Waals surface area contributed by atoms with Crippen LogP contribution in [0.5, 0.6) is 0 Å².